The Kier molecular flexibility index (Phi) is 4.61. The molecule has 0 bridgehead atoms. The molecule has 5 nitrogen and oxygen atoms in total. The molecule has 0 atom stereocenters. The quantitative estimate of drug-likeness (QED) is 0.800. The second-order valence-corrected chi connectivity index (χ2v) is 4.67. The maximum absolute atomic E-state index is 11.9. The average molecular weight is 251 g/mol. The van der Waals surface area contributed by atoms with Crippen molar-refractivity contribution in [3.8, 4) is 5.75 Å². The van der Waals surface area contributed by atoms with E-state index in [2.05, 4.69) is 12.0 Å². The molecule has 0 saturated carbocycles. The van der Waals surface area contributed by atoms with Crippen molar-refractivity contribution < 1.29 is 9.53 Å². The Hall–Kier alpha value is -1.52. The van der Waals surface area contributed by atoms with Crippen molar-refractivity contribution >= 4 is 5.91 Å². The minimum Gasteiger partial charge on any atom is -0.480 e. The number of likely N-dealkylation sites (tertiary alicyclic amines) is 1. The molecule has 0 unspecified atom stereocenters. The fourth-order valence-electron chi connectivity index (χ4n) is 2.15. The summed E-state index contributed by atoms with van der Waals surface area (Å²) >= 11 is 0. The predicted octanol–water partition coefficient (Wildman–Crippen LogP) is 1.68. The molecule has 5 heteroatoms. The molecular weight excluding hydrogens is 230 g/mol. The van der Waals surface area contributed by atoms with Gasteiger partial charge in [0.15, 0.2) is 12.4 Å². The number of hydrogen-bond acceptors (Lipinski definition) is 3. The van der Waals surface area contributed by atoms with Gasteiger partial charge in [-0.3, -0.25) is 9.48 Å². The van der Waals surface area contributed by atoms with Crippen molar-refractivity contribution in [2.75, 3.05) is 19.7 Å². The van der Waals surface area contributed by atoms with Crippen molar-refractivity contribution in [2.24, 2.45) is 0 Å². The van der Waals surface area contributed by atoms with Crippen LogP contribution >= 0.6 is 0 Å². The number of hydrogen-bond donors (Lipinski definition) is 0. The first-order valence-electron chi connectivity index (χ1n) is 6.72. The van der Waals surface area contributed by atoms with E-state index < -0.39 is 0 Å². The topological polar surface area (TPSA) is 47.4 Å². The van der Waals surface area contributed by atoms with Gasteiger partial charge in [-0.05, 0) is 25.7 Å². The highest BCUT2D eigenvalue weighted by atomic mass is 16.5. The number of piperidine rings is 1. The van der Waals surface area contributed by atoms with Gasteiger partial charge in [0.25, 0.3) is 5.91 Å². The molecule has 1 amide bonds. The van der Waals surface area contributed by atoms with Gasteiger partial charge in [-0.1, -0.05) is 6.92 Å². The zero-order valence-corrected chi connectivity index (χ0v) is 11.0. The summed E-state index contributed by atoms with van der Waals surface area (Å²) in [7, 11) is 0. The lowest BCUT2D eigenvalue weighted by Gasteiger charge is -2.26. The van der Waals surface area contributed by atoms with Crippen molar-refractivity contribution in [2.45, 2.75) is 39.2 Å². The van der Waals surface area contributed by atoms with E-state index in [9.17, 15) is 4.79 Å². The Morgan fingerprint density at radius 1 is 1.39 bits per heavy atom. The van der Waals surface area contributed by atoms with Gasteiger partial charge in [0.2, 0.25) is 0 Å². The van der Waals surface area contributed by atoms with Gasteiger partial charge < -0.3 is 9.64 Å². The molecule has 2 heterocycles. The predicted molar refractivity (Wildman–Crippen MR) is 68.4 cm³/mol. The monoisotopic (exact) mass is 251 g/mol. The number of carbonyl (C=O) groups is 1. The Balaban J connectivity index is 1.77. The van der Waals surface area contributed by atoms with Crippen LogP contribution in [0.1, 0.15) is 32.6 Å². The number of carbonyl (C=O) groups excluding carboxylic acids is 1. The summed E-state index contributed by atoms with van der Waals surface area (Å²) in [6.07, 6.45) is 7.99. The van der Waals surface area contributed by atoms with Gasteiger partial charge in [0.1, 0.15) is 0 Å². The highest BCUT2D eigenvalue weighted by molar-refractivity contribution is 5.77. The number of nitrogens with zero attached hydrogens (tertiary/aromatic N) is 3. The van der Waals surface area contributed by atoms with E-state index in [0.29, 0.717) is 5.75 Å². The molecule has 1 aliphatic rings. The minimum absolute atomic E-state index is 0.0814. The van der Waals surface area contributed by atoms with Crippen molar-refractivity contribution in [1.82, 2.24) is 14.7 Å². The first kappa shape index (κ1) is 12.9. The molecular formula is C13H21N3O2. The fraction of sp³-hybridized carbons (Fsp3) is 0.692. The second-order valence-electron chi connectivity index (χ2n) is 4.67. The van der Waals surface area contributed by atoms with E-state index in [-0.39, 0.29) is 12.5 Å². The standard InChI is InChI=1S/C13H21N3O2/c1-2-6-16-10-12(9-14-16)18-11-13(17)15-7-4-3-5-8-15/h9-10H,2-8,11H2,1H3. The molecule has 0 aromatic carbocycles. The summed E-state index contributed by atoms with van der Waals surface area (Å²) < 4.78 is 7.31. The van der Waals surface area contributed by atoms with Crippen molar-refractivity contribution in [3.05, 3.63) is 12.4 Å². The van der Waals surface area contributed by atoms with Crippen molar-refractivity contribution in [3.63, 3.8) is 0 Å². The van der Waals surface area contributed by atoms with E-state index in [1.165, 1.54) is 6.42 Å². The first-order valence-corrected chi connectivity index (χ1v) is 6.72. The molecule has 1 saturated heterocycles. The van der Waals surface area contributed by atoms with Crippen LogP contribution < -0.4 is 4.74 Å². The van der Waals surface area contributed by atoms with Gasteiger partial charge in [0, 0.05) is 19.6 Å². The molecule has 1 aromatic rings. The number of aryl methyl sites for hydroxylation is 1. The normalized spacial score (nSPS) is 15.7. The number of amides is 1. The molecule has 0 N–H and O–H groups in total. The van der Waals surface area contributed by atoms with Crippen LogP contribution in [0.3, 0.4) is 0 Å². The lowest BCUT2D eigenvalue weighted by atomic mass is 10.1. The van der Waals surface area contributed by atoms with Crippen LogP contribution in [0.2, 0.25) is 0 Å². The number of rotatable bonds is 5. The van der Waals surface area contributed by atoms with Gasteiger partial charge in [-0.25, -0.2) is 0 Å². The first-order chi connectivity index (χ1) is 8.79. The maximum Gasteiger partial charge on any atom is 0.260 e. The highest BCUT2D eigenvalue weighted by Crippen LogP contribution is 2.11. The summed E-state index contributed by atoms with van der Waals surface area (Å²) in [5.41, 5.74) is 0. The molecule has 1 aliphatic heterocycles. The maximum atomic E-state index is 11.9. The van der Waals surface area contributed by atoms with Crippen LogP contribution in [-0.2, 0) is 11.3 Å². The molecule has 18 heavy (non-hydrogen) atoms. The van der Waals surface area contributed by atoms with Gasteiger partial charge in [-0.15, -0.1) is 0 Å². The van der Waals surface area contributed by atoms with E-state index in [1.54, 1.807) is 6.20 Å². The van der Waals surface area contributed by atoms with Gasteiger partial charge in [0.05, 0.1) is 12.4 Å². The molecule has 0 aliphatic carbocycles. The minimum atomic E-state index is 0.0814. The summed E-state index contributed by atoms with van der Waals surface area (Å²) in [6.45, 7) is 4.85. The van der Waals surface area contributed by atoms with Crippen LogP contribution in [0.5, 0.6) is 5.75 Å². The Morgan fingerprint density at radius 3 is 2.89 bits per heavy atom. The largest absolute Gasteiger partial charge is 0.480 e. The summed E-state index contributed by atoms with van der Waals surface area (Å²) in [5.74, 6) is 0.756. The third kappa shape index (κ3) is 3.48. The second kappa shape index (κ2) is 6.42. The molecule has 1 aromatic heterocycles. The molecule has 0 spiro atoms. The van der Waals surface area contributed by atoms with E-state index in [1.807, 2.05) is 15.8 Å². The molecule has 1 fully saturated rings. The van der Waals surface area contributed by atoms with Crippen LogP contribution in [0, 0.1) is 0 Å². The smallest absolute Gasteiger partial charge is 0.260 e. The van der Waals surface area contributed by atoms with Crippen molar-refractivity contribution in [1.29, 1.82) is 0 Å². The summed E-state index contributed by atoms with van der Waals surface area (Å²) in [5, 5.41) is 4.16. The highest BCUT2D eigenvalue weighted by Gasteiger charge is 2.16. The summed E-state index contributed by atoms with van der Waals surface area (Å²) in [6, 6.07) is 0. The Bertz CT molecular complexity index is 383. The molecule has 2 rings (SSSR count). The number of ether oxygens (including phenoxy) is 1. The zero-order valence-electron chi connectivity index (χ0n) is 11.0. The lowest BCUT2D eigenvalue weighted by Crippen LogP contribution is -2.38. The molecule has 0 radical (unpaired) electrons. The average Bonchev–Trinajstić information content (AvgIpc) is 2.85. The van der Waals surface area contributed by atoms with Crippen LogP contribution in [0.15, 0.2) is 12.4 Å². The Morgan fingerprint density at radius 2 is 2.17 bits per heavy atom. The fourth-order valence-corrected chi connectivity index (χ4v) is 2.15. The lowest BCUT2D eigenvalue weighted by molar-refractivity contribution is -0.134. The van der Waals surface area contributed by atoms with E-state index in [4.69, 9.17) is 4.74 Å². The number of aromatic nitrogens is 2. The third-order valence-electron chi connectivity index (χ3n) is 3.13. The van der Waals surface area contributed by atoms with E-state index >= 15 is 0 Å². The summed E-state index contributed by atoms with van der Waals surface area (Å²) in [4.78, 5) is 13.8. The van der Waals surface area contributed by atoms with Crippen LogP contribution in [0.4, 0.5) is 0 Å². The van der Waals surface area contributed by atoms with Crippen LogP contribution in [0.25, 0.3) is 0 Å². The Labute approximate surface area is 108 Å². The van der Waals surface area contributed by atoms with Gasteiger partial charge in [-0.2, -0.15) is 5.10 Å². The van der Waals surface area contributed by atoms with Gasteiger partial charge >= 0.3 is 0 Å². The SMILES string of the molecule is CCCn1cc(OCC(=O)N2CCCCC2)cn1. The molecule has 100 valence electrons. The van der Waals surface area contributed by atoms with E-state index in [0.717, 1.165) is 38.9 Å². The van der Waals surface area contributed by atoms with Crippen LogP contribution in [-0.4, -0.2) is 40.3 Å². The zero-order chi connectivity index (χ0) is 12.8. The third-order valence-corrected chi connectivity index (χ3v) is 3.13.